The summed E-state index contributed by atoms with van der Waals surface area (Å²) >= 11 is 0. The predicted octanol–water partition coefficient (Wildman–Crippen LogP) is 2.10. The van der Waals surface area contributed by atoms with Crippen molar-refractivity contribution in [3.8, 4) is 6.07 Å². The van der Waals surface area contributed by atoms with Gasteiger partial charge in [0.15, 0.2) is 11.6 Å². The zero-order valence-corrected chi connectivity index (χ0v) is 8.01. The van der Waals surface area contributed by atoms with E-state index in [0.717, 1.165) is 6.07 Å². The third-order valence-electron chi connectivity index (χ3n) is 1.83. The van der Waals surface area contributed by atoms with Crippen LogP contribution in [0.15, 0.2) is 12.1 Å². The molecule has 0 aliphatic heterocycles. The highest BCUT2D eigenvalue weighted by atomic mass is 19.2. The molecule has 14 heavy (non-hydrogen) atoms. The van der Waals surface area contributed by atoms with Gasteiger partial charge in [-0.15, -0.1) is 0 Å². The third-order valence-corrected chi connectivity index (χ3v) is 1.83. The molecule has 2 nitrogen and oxygen atoms in total. The Hall–Kier alpha value is -1.63. The van der Waals surface area contributed by atoms with Gasteiger partial charge in [-0.1, -0.05) is 0 Å². The number of rotatable bonds is 2. The SMILES string of the molecule is CN(C)c1cc(CC#N)cc(F)c1F. The lowest BCUT2D eigenvalue weighted by atomic mass is 10.1. The molecule has 0 saturated heterocycles. The minimum atomic E-state index is -0.915. The van der Waals surface area contributed by atoms with Crippen molar-refractivity contribution in [2.24, 2.45) is 0 Å². The smallest absolute Gasteiger partial charge is 0.182 e. The van der Waals surface area contributed by atoms with Gasteiger partial charge in [-0.3, -0.25) is 0 Å². The van der Waals surface area contributed by atoms with E-state index in [1.807, 2.05) is 6.07 Å². The van der Waals surface area contributed by atoms with Gasteiger partial charge in [0.25, 0.3) is 0 Å². The molecular weight excluding hydrogens is 186 g/mol. The van der Waals surface area contributed by atoms with Crippen molar-refractivity contribution in [2.75, 3.05) is 19.0 Å². The van der Waals surface area contributed by atoms with Gasteiger partial charge in [-0.2, -0.15) is 5.26 Å². The Morgan fingerprint density at radius 2 is 2.00 bits per heavy atom. The Morgan fingerprint density at radius 1 is 1.36 bits per heavy atom. The fourth-order valence-electron chi connectivity index (χ4n) is 1.15. The van der Waals surface area contributed by atoms with E-state index in [0.29, 0.717) is 5.56 Å². The summed E-state index contributed by atoms with van der Waals surface area (Å²) in [5.41, 5.74) is 0.644. The van der Waals surface area contributed by atoms with Crippen LogP contribution in [0.5, 0.6) is 0 Å². The second-order valence-electron chi connectivity index (χ2n) is 3.14. The molecule has 0 bridgehead atoms. The summed E-state index contributed by atoms with van der Waals surface area (Å²) in [6.45, 7) is 0. The second-order valence-corrected chi connectivity index (χ2v) is 3.14. The second kappa shape index (κ2) is 4.05. The molecule has 0 aliphatic rings. The summed E-state index contributed by atoms with van der Waals surface area (Å²) in [5, 5.41) is 8.43. The highest BCUT2D eigenvalue weighted by molar-refractivity contribution is 5.49. The Balaban J connectivity index is 3.22. The van der Waals surface area contributed by atoms with Crippen LogP contribution in [-0.2, 0) is 6.42 Å². The molecule has 1 aromatic rings. The van der Waals surface area contributed by atoms with Crippen LogP contribution < -0.4 is 4.90 Å². The van der Waals surface area contributed by atoms with Gasteiger partial charge in [0.2, 0.25) is 0 Å². The molecule has 0 radical (unpaired) electrons. The molecule has 0 unspecified atom stereocenters. The van der Waals surface area contributed by atoms with Crippen molar-refractivity contribution in [1.29, 1.82) is 5.26 Å². The molecule has 1 aromatic carbocycles. The predicted molar refractivity (Wildman–Crippen MR) is 50.0 cm³/mol. The van der Waals surface area contributed by atoms with Crippen LogP contribution >= 0.6 is 0 Å². The summed E-state index contributed by atoms with van der Waals surface area (Å²) in [7, 11) is 3.24. The summed E-state index contributed by atoms with van der Waals surface area (Å²) in [6.07, 6.45) is 0.0814. The molecule has 0 aliphatic carbocycles. The van der Waals surface area contributed by atoms with Crippen LogP contribution in [-0.4, -0.2) is 14.1 Å². The summed E-state index contributed by atoms with van der Waals surface area (Å²) in [4.78, 5) is 1.47. The Bertz CT molecular complexity index is 380. The highest BCUT2D eigenvalue weighted by Crippen LogP contribution is 2.22. The maximum absolute atomic E-state index is 13.2. The van der Waals surface area contributed by atoms with E-state index >= 15 is 0 Å². The van der Waals surface area contributed by atoms with Crippen molar-refractivity contribution < 1.29 is 8.78 Å². The molecular formula is C10H10F2N2. The zero-order chi connectivity index (χ0) is 10.7. The largest absolute Gasteiger partial charge is 0.375 e. The molecule has 0 atom stereocenters. The molecule has 0 aromatic heterocycles. The number of hydrogen-bond donors (Lipinski definition) is 0. The molecule has 1 rings (SSSR count). The lowest BCUT2D eigenvalue weighted by Crippen LogP contribution is -2.12. The summed E-state index contributed by atoms with van der Waals surface area (Å²) < 4.78 is 26.2. The maximum Gasteiger partial charge on any atom is 0.182 e. The van der Waals surface area contributed by atoms with E-state index in [4.69, 9.17) is 5.26 Å². The zero-order valence-electron chi connectivity index (χ0n) is 8.01. The quantitative estimate of drug-likeness (QED) is 0.724. The minimum absolute atomic E-state index is 0.0814. The average molecular weight is 196 g/mol. The number of anilines is 1. The molecule has 0 fully saturated rings. The van der Waals surface area contributed by atoms with Gasteiger partial charge in [-0.05, 0) is 17.7 Å². The number of benzene rings is 1. The Kier molecular flexibility index (Phi) is 3.03. The van der Waals surface area contributed by atoms with Crippen LogP contribution in [0.1, 0.15) is 5.56 Å². The van der Waals surface area contributed by atoms with Crippen LogP contribution in [0.25, 0.3) is 0 Å². The lowest BCUT2D eigenvalue weighted by molar-refractivity contribution is 0.507. The Labute approximate surface area is 81.4 Å². The monoisotopic (exact) mass is 196 g/mol. The summed E-state index contributed by atoms with van der Waals surface area (Å²) in [5.74, 6) is -1.79. The lowest BCUT2D eigenvalue weighted by Gasteiger charge is -2.14. The van der Waals surface area contributed by atoms with E-state index in [9.17, 15) is 8.78 Å². The van der Waals surface area contributed by atoms with Crippen molar-refractivity contribution in [3.63, 3.8) is 0 Å². The van der Waals surface area contributed by atoms with Crippen molar-refractivity contribution in [2.45, 2.75) is 6.42 Å². The molecule has 0 spiro atoms. The van der Waals surface area contributed by atoms with Crippen LogP contribution in [0.2, 0.25) is 0 Å². The first kappa shape index (κ1) is 10.5. The Morgan fingerprint density at radius 3 is 2.50 bits per heavy atom. The first-order chi connectivity index (χ1) is 6.56. The standard InChI is InChI=1S/C10H10F2N2/c1-14(2)9-6-7(3-4-13)5-8(11)10(9)12/h5-6H,3H2,1-2H3. The van der Waals surface area contributed by atoms with Crippen molar-refractivity contribution in [1.82, 2.24) is 0 Å². The van der Waals surface area contributed by atoms with Crippen LogP contribution in [0.3, 0.4) is 0 Å². The van der Waals surface area contributed by atoms with Gasteiger partial charge in [0.1, 0.15) is 0 Å². The van der Waals surface area contributed by atoms with Crippen molar-refractivity contribution in [3.05, 3.63) is 29.3 Å². The highest BCUT2D eigenvalue weighted by Gasteiger charge is 2.11. The molecule has 0 heterocycles. The number of nitrogens with zero attached hydrogens (tertiary/aromatic N) is 2. The average Bonchev–Trinajstić information content (AvgIpc) is 2.11. The molecule has 74 valence electrons. The van der Waals surface area contributed by atoms with Gasteiger partial charge in [0.05, 0.1) is 18.2 Å². The van der Waals surface area contributed by atoms with Gasteiger partial charge < -0.3 is 4.90 Å². The molecule has 0 N–H and O–H groups in total. The van der Waals surface area contributed by atoms with E-state index < -0.39 is 11.6 Å². The van der Waals surface area contributed by atoms with Gasteiger partial charge >= 0.3 is 0 Å². The van der Waals surface area contributed by atoms with E-state index in [2.05, 4.69) is 0 Å². The number of hydrogen-bond acceptors (Lipinski definition) is 2. The van der Waals surface area contributed by atoms with Crippen molar-refractivity contribution >= 4 is 5.69 Å². The van der Waals surface area contributed by atoms with Gasteiger partial charge in [0, 0.05) is 14.1 Å². The van der Waals surface area contributed by atoms with Gasteiger partial charge in [-0.25, -0.2) is 8.78 Å². The maximum atomic E-state index is 13.2. The van der Waals surface area contributed by atoms with E-state index in [-0.39, 0.29) is 12.1 Å². The minimum Gasteiger partial charge on any atom is -0.375 e. The summed E-state index contributed by atoms with van der Waals surface area (Å²) in [6, 6.07) is 4.41. The van der Waals surface area contributed by atoms with E-state index in [1.54, 1.807) is 14.1 Å². The first-order valence-electron chi connectivity index (χ1n) is 4.08. The molecule has 0 amide bonds. The first-order valence-corrected chi connectivity index (χ1v) is 4.08. The normalized spacial score (nSPS) is 9.64. The topological polar surface area (TPSA) is 27.0 Å². The van der Waals surface area contributed by atoms with Crippen LogP contribution in [0.4, 0.5) is 14.5 Å². The fraction of sp³-hybridized carbons (Fsp3) is 0.300. The molecule has 0 saturated carbocycles. The molecule has 4 heteroatoms. The number of nitriles is 1. The van der Waals surface area contributed by atoms with Crippen LogP contribution in [0, 0.1) is 23.0 Å². The fourth-order valence-corrected chi connectivity index (χ4v) is 1.15. The van der Waals surface area contributed by atoms with E-state index in [1.165, 1.54) is 11.0 Å². The third kappa shape index (κ3) is 1.99. The number of halogens is 2.